The van der Waals surface area contributed by atoms with Crippen LogP contribution in [0.25, 0.3) is 0 Å². The van der Waals surface area contributed by atoms with E-state index in [2.05, 4.69) is 22.4 Å². The molecule has 5 heteroatoms. The van der Waals surface area contributed by atoms with Gasteiger partial charge in [0.2, 0.25) is 5.89 Å². The maximum atomic E-state index is 5.39. The van der Waals surface area contributed by atoms with E-state index in [1.165, 1.54) is 0 Å². The predicted octanol–water partition coefficient (Wildman–Crippen LogP) is 2.34. The fourth-order valence-electron chi connectivity index (χ4n) is 2.56. The highest BCUT2D eigenvalue weighted by Gasteiger charge is 2.29. The van der Waals surface area contributed by atoms with E-state index in [9.17, 15) is 0 Å². The summed E-state index contributed by atoms with van der Waals surface area (Å²) < 4.78 is 10.5. The standard InChI is InChI=1S/C15H19N3O2/c1-10-7-8-16-14(10)15-17-13(18-20-15)9-11-3-5-12(19-2)6-4-11/h3-6,10,14,16H,7-9H2,1-2H3. The second-order valence-corrected chi connectivity index (χ2v) is 5.27. The lowest BCUT2D eigenvalue weighted by Gasteiger charge is -2.09. The summed E-state index contributed by atoms with van der Waals surface area (Å²) in [7, 11) is 1.66. The smallest absolute Gasteiger partial charge is 0.244 e. The monoisotopic (exact) mass is 273 g/mol. The molecule has 0 radical (unpaired) electrons. The molecule has 0 bridgehead atoms. The Kier molecular flexibility index (Phi) is 3.69. The molecule has 0 aliphatic carbocycles. The number of hydrogen-bond donors (Lipinski definition) is 1. The van der Waals surface area contributed by atoms with Gasteiger partial charge in [-0.15, -0.1) is 0 Å². The zero-order valence-electron chi connectivity index (χ0n) is 11.8. The summed E-state index contributed by atoms with van der Waals surface area (Å²) in [6, 6.07) is 8.12. The minimum absolute atomic E-state index is 0.201. The number of nitrogens with zero attached hydrogens (tertiary/aromatic N) is 2. The Morgan fingerprint density at radius 1 is 1.35 bits per heavy atom. The number of rotatable bonds is 4. The topological polar surface area (TPSA) is 60.2 Å². The van der Waals surface area contributed by atoms with Crippen LogP contribution in [0.3, 0.4) is 0 Å². The molecule has 0 spiro atoms. The molecule has 1 aromatic carbocycles. The zero-order chi connectivity index (χ0) is 13.9. The first-order valence-corrected chi connectivity index (χ1v) is 6.95. The number of hydrogen-bond acceptors (Lipinski definition) is 5. The van der Waals surface area contributed by atoms with Gasteiger partial charge in [0.25, 0.3) is 0 Å². The van der Waals surface area contributed by atoms with E-state index in [1.54, 1.807) is 7.11 Å². The highest BCUT2D eigenvalue weighted by atomic mass is 16.5. The van der Waals surface area contributed by atoms with Crippen LogP contribution in [-0.4, -0.2) is 23.8 Å². The number of ether oxygens (including phenoxy) is 1. The molecule has 1 N–H and O–H groups in total. The first kappa shape index (κ1) is 13.1. The van der Waals surface area contributed by atoms with Crippen molar-refractivity contribution in [3.8, 4) is 5.75 Å². The van der Waals surface area contributed by atoms with Gasteiger partial charge in [-0.3, -0.25) is 0 Å². The summed E-state index contributed by atoms with van der Waals surface area (Å²) in [6.45, 7) is 3.22. The molecule has 2 unspecified atom stereocenters. The average molecular weight is 273 g/mol. The molecule has 1 saturated heterocycles. The minimum atomic E-state index is 0.201. The first-order valence-electron chi connectivity index (χ1n) is 6.95. The van der Waals surface area contributed by atoms with E-state index in [-0.39, 0.29) is 6.04 Å². The van der Waals surface area contributed by atoms with E-state index in [0.717, 1.165) is 30.1 Å². The first-order chi connectivity index (χ1) is 9.76. The molecule has 106 valence electrons. The summed E-state index contributed by atoms with van der Waals surface area (Å²) >= 11 is 0. The maximum absolute atomic E-state index is 5.39. The Balaban J connectivity index is 1.70. The molecule has 2 heterocycles. The van der Waals surface area contributed by atoms with Crippen molar-refractivity contribution in [1.82, 2.24) is 15.5 Å². The SMILES string of the molecule is COc1ccc(Cc2noc(C3NCCC3C)n2)cc1. The number of aromatic nitrogens is 2. The van der Waals surface area contributed by atoms with Gasteiger partial charge in [0.15, 0.2) is 5.82 Å². The van der Waals surface area contributed by atoms with Crippen LogP contribution in [0.1, 0.15) is 36.7 Å². The van der Waals surface area contributed by atoms with Crippen LogP contribution in [0.2, 0.25) is 0 Å². The zero-order valence-corrected chi connectivity index (χ0v) is 11.8. The molecule has 1 aliphatic rings. The van der Waals surface area contributed by atoms with Crippen LogP contribution in [0, 0.1) is 5.92 Å². The summed E-state index contributed by atoms with van der Waals surface area (Å²) in [5.74, 6) is 2.83. The van der Waals surface area contributed by atoms with Gasteiger partial charge in [0.05, 0.1) is 13.2 Å². The van der Waals surface area contributed by atoms with Crippen molar-refractivity contribution in [3.05, 3.63) is 41.5 Å². The predicted molar refractivity (Wildman–Crippen MR) is 74.6 cm³/mol. The van der Waals surface area contributed by atoms with Gasteiger partial charge in [0, 0.05) is 6.42 Å². The molecule has 1 aliphatic heterocycles. The third-order valence-corrected chi connectivity index (χ3v) is 3.80. The van der Waals surface area contributed by atoms with Crippen LogP contribution in [0.5, 0.6) is 5.75 Å². The van der Waals surface area contributed by atoms with E-state index < -0.39 is 0 Å². The van der Waals surface area contributed by atoms with Crippen LogP contribution >= 0.6 is 0 Å². The average Bonchev–Trinajstić information content (AvgIpc) is 3.08. The highest BCUT2D eigenvalue weighted by molar-refractivity contribution is 5.28. The molecule has 1 aromatic heterocycles. The van der Waals surface area contributed by atoms with Gasteiger partial charge in [0.1, 0.15) is 5.75 Å². The van der Waals surface area contributed by atoms with Crippen LogP contribution in [-0.2, 0) is 6.42 Å². The van der Waals surface area contributed by atoms with Gasteiger partial charge < -0.3 is 14.6 Å². The second-order valence-electron chi connectivity index (χ2n) is 5.27. The molecule has 1 fully saturated rings. The third-order valence-electron chi connectivity index (χ3n) is 3.80. The summed E-state index contributed by atoms with van der Waals surface area (Å²) in [4.78, 5) is 4.51. The molecular formula is C15H19N3O2. The van der Waals surface area contributed by atoms with Crippen molar-refractivity contribution < 1.29 is 9.26 Å². The largest absolute Gasteiger partial charge is 0.497 e. The summed E-state index contributed by atoms with van der Waals surface area (Å²) in [5.41, 5.74) is 1.14. The van der Waals surface area contributed by atoms with Gasteiger partial charge >= 0.3 is 0 Å². The minimum Gasteiger partial charge on any atom is -0.497 e. The normalized spacial score (nSPS) is 22.1. The van der Waals surface area contributed by atoms with Crippen LogP contribution in [0.15, 0.2) is 28.8 Å². The third kappa shape index (κ3) is 2.67. The fraction of sp³-hybridized carbons (Fsp3) is 0.467. The summed E-state index contributed by atoms with van der Waals surface area (Å²) in [5, 5.41) is 7.48. The molecule has 0 saturated carbocycles. The van der Waals surface area contributed by atoms with Crippen molar-refractivity contribution in [1.29, 1.82) is 0 Å². The quantitative estimate of drug-likeness (QED) is 0.926. The molecule has 0 amide bonds. The lowest BCUT2D eigenvalue weighted by atomic mass is 10.0. The number of methoxy groups -OCH3 is 1. The van der Waals surface area contributed by atoms with Gasteiger partial charge in [-0.2, -0.15) is 4.98 Å². The van der Waals surface area contributed by atoms with Gasteiger partial charge in [-0.25, -0.2) is 0 Å². The molecule has 5 nitrogen and oxygen atoms in total. The molecular weight excluding hydrogens is 254 g/mol. The van der Waals surface area contributed by atoms with Crippen molar-refractivity contribution in [2.24, 2.45) is 5.92 Å². The Bertz CT molecular complexity index is 565. The van der Waals surface area contributed by atoms with Crippen molar-refractivity contribution in [2.75, 3.05) is 13.7 Å². The van der Waals surface area contributed by atoms with Crippen LogP contribution in [0.4, 0.5) is 0 Å². The van der Waals surface area contributed by atoms with Crippen molar-refractivity contribution >= 4 is 0 Å². The number of benzene rings is 1. The Labute approximate surface area is 118 Å². The van der Waals surface area contributed by atoms with Crippen LogP contribution < -0.4 is 10.1 Å². The molecule has 20 heavy (non-hydrogen) atoms. The molecule has 2 atom stereocenters. The lowest BCUT2D eigenvalue weighted by molar-refractivity contribution is 0.317. The van der Waals surface area contributed by atoms with E-state index >= 15 is 0 Å². The van der Waals surface area contributed by atoms with Crippen molar-refractivity contribution in [3.63, 3.8) is 0 Å². The van der Waals surface area contributed by atoms with E-state index in [1.807, 2.05) is 24.3 Å². The Morgan fingerprint density at radius 3 is 2.80 bits per heavy atom. The Hall–Kier alpha value is -1.88. The maximum Gasteiger partial charge on any atom is 0.244 e. The van der Waals surface area contributed by atoms with E-state index in [0.29, 0.717) is 18.2 Å². The second kappa shape index (κ2) is 5.63. The lowest BCUT2D eigenvalue weighted by Crippen LogP contribution is -2.16. The van der Waals surface area contributed by atoms with Gasteiger partial charge in [-0.1, -0.05) is 24.2 Å². The highest BCUT2D eigenvalue weighted by Crippen LogP contribution is 2.27. The molecule has 2 aromatic rings. The summed E-state index contributed by atoms with van der Waals surface area (Å²) in [6.07, 6.45) is 1.83. The Morgan fingerprint density at radius 2 is 2.15 bits per heavy atom. The fourth-order valence-corrected chi connectivity index (χ4v) is 2.56. The molecule has 3 rings (SSSR count). The number of nitrogens with one attached hydrogen (secondary N) is 1. The van der Waals surface area contributed by atoms with E-state index in [4.69, 9.17) is 9.26 Å². The van der Waals surface area contributed by atoms with Gasteiger partial charge in [-0.05, 0) is 36.6 Å². The van der Waals surface area contributed by atoms with Crippen molar-refractivity contribution in [2.45, 2.75) is 25.8 Å².